The lowest BCUT2D eigenvalue weighted by atomic mass is 10.1. The average molecular weight is 394 g/mol. The number of amides is 1. The Bertz CT molecular complexity index is 1030. The van der Waals surface area contributed by atoms with Gasteiger partial charge >= 0.3 is 5.97 Å². The number of aromatic nitrogens is 1. The molecule has 6 nitrogen and oxygen atoms in total. The third kappa shape index (κ3) is 3.61. The summed E-state index contributed by atoms with van der Waals surface area (Å²) in [5.41, 5.74) is 3.26. The summed E-state index contributed by atoms with van der Waals surface area (Å²) in [5.74, 6) is -0.940. The number of anilines is 1. The number of carbonyl (C=O) groups excluding carboxylic acids is 1. The lowest BCUT2D eigenvalue weighted by Crippen LogP contribution is -2.46. The SMILES string of the molecule is CC1Oc2ccc(-c3csc(Cc4ccccc4)n3)cc2N(CC(=O)O)C1=O. The lowest BCUT2D eigenvalue weighted by Gasteiger charge is -2.32. The summed E-state index contributed by atoms with van der Waals surface area (Å²) in [4.78, 5) is 29.6. The molecule has 0 saturated carbocycles. The second kappa shape index (κ2) is 7.44. The number of hydrogen-bond acceptors (Lipinski definition) is 5. The minimum atomic E-state index is -1.07. The van der Waals surface area contributed by atoms with E-state index in [1.54, 1.807) is 30.4 Å². The molecule has 1 unspecified atom stereocenters. The van der Waals surface area contributed by atoms with Gasteiger partial charge in [-0.05, 0) is 30.7 Å². The summed E-state index contributed by atoms with van der Waals surface area (Å²) >= 11 is 1.57. The molecule has 0 bridgehead atoms. The third-order valence-corrected chi connectivity index (χ3v) is 5.36. The predicted octanol–water partition coefficient (Wildman–Crippen LogP) is 3.60. The Hall–Kier alpha value is -3.19. The van der Waals surface area contributed by atoms with Gasteiger partial charge in [-0.1, -0.05) is 30.3 Å². The van der Waals surface area contributed by atoms with Gasteiger partial charge in [0.2, 0.25) is 0 Å². The fraction of sp³-hybridized carbons (Fsp3) is 0.190. The highest BCUT2D eigenvalue weighted by Gasteiger charge is 2.33. The summed E-state index contributed by atoms with van der Waals surface area (Å²) in [7, 11) is 0. The van der Waals surface area contributed by atoms with Crippen molar-refractivity contribution >= 4 is 28.9 Å². The van der Waals surface area contributed by atoms with Crippen molar-refractivity contribution in [3.63, 3.8) is 0 Å². The number of fused-ring (bicyclic) bond motifs is 1. The molecule has 142 valence electrons. The second-order valence-corrected chi connectivity index (χ2v) is 7.49. The van der Waals surface area contributed by atoms with Gasteiger partial charge in [0.05, 0.1) is 16.4 Å². The number of carboxylic acids is 1. The maximum absolute atomic E-state index is 12.4. The van der Waals surface area contributed by atoms with Crippen molar-refractivity contribution in [3.05, 3.63) is 64.5 Å². The first-order chi connectivity index (χ1) is 13.5. The van der Waals surface area contributed by atoms with Crippen LogP contribution in [0.4, 0.5) is 5.69 Å². The third-order valence-electron chi connectivity index (χ3n) is 4.51. The number of thiazole rings is 1. The maximum atomic E-state index is 12.4. The molecule has 0 radical (unpaired) electrons. The minimum Gasteiger partial charge on any atom is -0.480 e. The van der Waals surface area contributed by atoms with Crippen LogP contribution in [0.3, 0.4) is 0 Å². The first kappa shape index (κ1) is 18.2. The van der Waals surface area contributed by atoms with Gasteiger partial charge in [0.15, 0.2) is 6.10 Å². The highest BCUT2D eigenvalue weighted by atomic mass is 32.1. The van der Waals surface area contributed by atoms with Crippen LogP contribution in [0.5, 0.6) is 5.75 Å². The van der Waals surface area contributed by atoms with Crippen molar-refractivity contribution in [2.45, 2.75) is 19.4 Å². The number of carboxylic acid groups (broad SMARTS) is 1. The standard InChI is InChI=1S/C21H18N2O4S/c1-13-21(26)23(11-20(24)25)17-10-15(7-8-18(17)27-13)16-12-28-19(22-16)9-14-5-3-2-4-6-14/h2-8,10,12-13H,9,11H2,1H3,(H,24,25). The molecule has 7 heteroatoms. The van der Waals surface area contributed by atoms with Gasteiger partial charge in [-0.15, -0.1) is 11.3 Å². The maximum Gasteiger partial charge on any atom is 0.323 e. The van der Waals surface area contributed by atoms with Crippen LogP contribution in [0.2, 0.25) is 0 Å². The van der Waals surface area contributed by atoms with Gasteiger partial charge in [0.25, 0.3) is 5.91 Å². The van der Waals surface area contributed by atoms with Crippen molar-refractivity contribution in [3.8, 4) is 17.0 Å². The summed E-state index contributed by atoms with van der Waals surface area (Å²) in [6.45, 7) is 1.21. The normalized spacial score (nSPS) is 15.8. The number of nitrogens with zero attached hydrogens (tertiary/aromatic N) is 2. The van der Waals surface area contributed by atoms with E-state index in [0.29, 0.717) is 11.4 Å². The number of carbonyl (C=O) groups is 2. The van der Waals surface area contributed by atoms with E-state index in [-0.39, 0.29) is 5.91 Å². The molecule has 1 aliphatic rings. The van der Waals surface area contributed by atoms with Gasteiger partial charge in [-0.3, -0.25) is 14.5 Å². The molecule has 0 spiro atoms. The molecule has 3 aromatic rings. The van der Waals surface area contributed by atoms with E-state index < -0.39 is 18.6 Å². The Morgan fingerprint density at radius 3 is 2.79 bits per heavy atom. The molecule has 2 heterocycles. The number of ether oxygens (including phenoxy) is 1. The van der Waals surface area contributed by atoms with Crippen LogP contribution in [-0.4, -0.2) is 34.6 Å². The van der Waals surface area contributed by atoms with Crippen molar-refractivity contribution < 1.29 is 19.4 Å². The van der Waals surface area contributed by atoms with E-state index in [9.17, 15) is 14.7 Å². The lowest BCUT2D eigenvalue weighted by molar-refractivity contribution is -0.137. The molecule has 1 N–H and O–H groups in total. The van der Waals surface area contributed by atoms with Crippen LogP contribution in [0.1, 0.15) is 17.5 Å². The fourth-order valence-electron chi connectivity index (χ4n) is 3.16. The molecule has 1 atom stereocenters. The van der Waals surface area contributed by atoms with Crippen molar-refractivity contribution in [1.82, 2.24) is 4.98 Å². The monoisotopic (exact) mass is 394 g/mol. The van der Waals surface area contributed by atoms with Crippen LogP contribution in [0.25, 0.3) is 11.3 Å². The quantitative estimate of drug-likeness (QED) is 0.715. The zero-order chi connectivity index (χ0) is 19.7. The number of aliphatic carboxylic acids is 1. The Morgan fingerprint density at radius 2 is 2.04 bits per heavy atom. The van der Waals surface area contributed by atoms with Crippen LogP contribution in [0, 0.1) is 0 Å². The zero-order valence-electron chi connectivity index (χ0n) is 15.2. The van der Waals surface area contributed by atoms with E-state index in [1.165, 1.54) is 10.5 Å². The van der Waals surface area contributed by atoms with Crippen molar-refractivity contribution in [1.29, 1.82) is 0 Å². The number of rotatable bonds is 5. The predicted molar refractivity (Wildman–Crippen MR) is 107 cm³/mol. The van der Waals surface area contributed by atoms with Crippen molar-refractivity contribution in [2.75, 3.05) is 11.4 Å². The number of benzene rings is 2. The summed E-state index contributed by atoms with van der Waals surface area (Å²) in [5, 5.41) is 12.1. The molecule has 1 aromatic heterocycles. The van der Waals surface area contributed by atoms with Gasteiger partial charge in [-0.25, -0.2) is 4.98 Å². The number of hydrogen-bond donors (Lipinski definition) is 1. The van der Waals surface area contributed by atoms with Crippen LogP contribution < -0.4 is 9.64 Å². The topological polar surface area (TPSA) is 79.7 Å². The van der Waals surface area contributed by atoms with E-state index in [1.807, 2.05) is 29.6 Å². The van der Waals surface area contributed by atoms with Crippen LogP contribution >= 0.6 is 11.3 Å². The zero-order valence-corrected chi connectivity index (χ0v) is 16.0. The van der Waals surface area contributed by atoms with Gasteiger partial charge < -0.3 is 9.84 Å². The largest absolute Gasteiger partial charge is 0.480 e. The Balaban J connectivity index is 1.64. The Kier molecular flexibility index (Phi) is 4.83. The first-order valence-electron chi connectivity index (χ1n) is 8.84. The fourth-order valence-corrected chi connectivity index (χ4v) is 4.00. The average Bonchev–Trinajstić information content (AvgIpc) is 3.14. The van der Waals surface area contributed by atoms with E-state index in [0.717, 1.165) is 22.7 Å². The van der Waals surface area contributed by atoms with E-state index in [2.05, 4.69) is 12.1 Å². The van der Waals surface area contributed by atoms with Crippen LogP contribution in [-0.2, 0) is 16.0 Å². The highest BCUT2D eigenvalue weighted by molar-refractivity contribution is 7.10. The van der Waals surface area contributed by atoms with E-state index >= 15 is 0 Å². The smallest absolute Gasteiger partial charge is 0.323 e. The second-order valence-electron chi connectivity index (χ2n) is 6.55. The molecule has 1 amide bonds. The summed E-state index contributed by atoms with van der Waals surface area (Å²) in [6.07, 6.45) is 0.0372. The summed E-state index contributed by atoms with van der Waals surface area (Å²) in [6, 6.07) is 15.5. The first-order valence-corrected chi connectivity index (χ1v) is 9.72. The molecule has 1 aliphatic heterocycles. The Labute approximate surface area is 166 Å². The van der Waals surface area contributed by atoms with E-state index in [4.69, 9.17) is 9.72 Å². The highest BCUT2D eigenvalue weighted by Crippen LogP contribution is 2.37. The minimum absolute atomic E-state index is 0.366. The molecule has 4 rings (SSSR count). The molecule has 0 saturated heterocycles. The molecule has 0 fully saturated rings. The molecular weight excluding hydrogens is 376 g/mol. The molecule has 0 aliphatic carbocycles. The van der Waals surface area contributed by atoms with Gasteiger partial charge in [0.1, 0.15) is 12.3 Å². The van der Waals surface area contributed by atoms with Crippen molar-refractivity contribution in [2.24, 2.45) is 0 Å². The molecule has 28 heavy (non-hydrogen) atoms. The van der Waals surface area contributed by atoms with Crippen LogP contribution in [0.15, 0.2) is 53.9 Å². The molecule has 2 aromatic carbocycles. The van der Waals surface area contributed by atoms with Gasteiger partial charge in [0, 0.05) is 17.4 Å². The Morgan fingerprint density at radius 1 is 1.25 bits per heavy atom. The molecular formula is C21H18N2O4S. The summed E-state index contributed by atoms with van der Waals surface area (Å²) < 4.78 is 5.63. The van der Waals surface area contributed by atoms with Gasteiger partial charge in [-0.2, -0.15) is 0 Å².